The third-order valence-corrected chi connectivity index (χ3v) is 5.80. The molecule has 27 heavy (non-hydrogen) atoms. The van der Waals surface area contributed by atoms with Crippen LogP contribution in [0.3, 0.4) is 0 Å². The van der Waals surface area contributed by atoms with Gasteiger partial charge in [-0.15, -0.1) is 11.3 Å². The van der Waals surface area contributed by atoms with E-state index in [9.17, 15) is 9.59 Å². The molecule has 0 atom stereocenters. The molecule has 7 nitrogen and oxygen atoms in total. The lowest BCUT2D eigenvalue weighted by atomic mass is 9.95. The van der Waals surface area contributed by atoms with Gasteiger partial charge in [-0.25, -0.2) is 0 Å². The van der Waals surface area contributed by atoms with Crippen molar-refractivity contribution in [2.45, 2.75) is 25.7 Å². The van der Waals surface area contributed by atoms with E-state index in [4.69, 9.17) is 19.9 Å². The minimum absolute atomic E-state index is 0.260. The summed E-state index contributed by atoms with van der Waals surface area (Å²) in [5, 5.41) is 3.31. The number of aryl methyl sites for hydroxylation is 1. The molecule has 1 aliphatic rings. The van der Waals surface area contributed by atoms with E-state index in [0.717, 1.165) is 36.1 Å². The highest BCUT2D eigenvalue weighted by atomic mass is 32.1. The molecule has 1 aromatic carbocycles. The van der Waals surface area contributed by atoms with Gasteiger partial charge in [-0.2, -0.15) is 0 Å². The molecule has 0 bridgehead atoms. The minimum atomic E-state index is -0.524. The van der Waals surface area contributed by atoms with Crippen LogP contribution in [0, 0.1) is 0 Å². The summed E-state index contributed by atoms with van der Waals surface area (Å²) in [6, 6.07) is 3.22. The maximum atomic E-state index is 12.9. The predicted octanol–water partition coefficient (Wildman–Crippen LogP) is 3.00. The number of nitrogens with one attached hydrogen (secondary N) is 1. The van der Waals surface area contributed by atoms with E-state index in [2.05, 4.69) is 5.32 Å². The van der Waals surface area contributed by atoms with E-state index in [1.807, 2.05) is 0 Å². The first kappa shape index (κ1) is 19.0. The zero-order valence-corrected chi connectivity index (χ0v) is 16.3. The number of thiophene rings is 1. The number of carbonyl (C=O) groups is 2. The van der Waals surface area contributed by atoms with Crippen LogP contribution < -0.4 is 25.3 Å². The average Bonchev–Trinajstić information content (AvgIpc) is 3.04. The van der Waals surface area contributed by atoms with Gasteiger partial charge in [-0.1, -0.05) is 0 Å². The number of ether oxygens (including phenoxy) is 3. The molecule has 0 unspecified atom stereocenters. The fourth-order valence-corrected chi connectivity index (χ4v) is 4.65. The van der Waals surface area contributed by atoms with E-state index in [1.165, 1.54) is 32.7 Å². The lowest BCUT2D eigenvalue weighted by Gasteiger charge is -2.15. The molecule has 2 amide bonds. The summed E-state index contributed by atoms with van der Waals surface area (Å²) in [5.74, 6) is 0.109. The Bertz CT molecular complexity index is 891. The van der Waals surface area contributed by atoms with Crippen molar-refractivity contribution in [2.24, 2.45) is 5.73 Å². The van der Waals surface area contributed by atoms with Crippen LogP contribution in [-0.4, -0.2) is 33.1 Å². The van der Waals surface area contributed by atoms with Crippen LogP contribution >= 0.6 is 11.3 Å². The smallest absolute Gasteiger partial charge is 0.260 e. The Balaban J connectivity index is 1.99. The average molecular weight is 390 g/mol. The van der Waals surface area contributed by atoms with Crippen molar-refractivity contribution in [1.29, 1.82) is 0 Å². The first-order valence-electron chi connectivity index (χ1n) is 8.56. The maximum Gasteiger partial charge on any atom is 0.260 e. The normalized spacial score (nSPS) is 12.9. The third-order valence-electron chi connectivity index (χ3n) is 4.59. The van der Waals surface area contributed by atoms with Gasteiger partial charge in [0.1, 0.15) is 5.00 Å². The molecule has 3 N–H and O–H groups in total. The van der Waals surface area contributed by atoms with Crippen molar-refractivity contribution in [2.75, 3.05) is 26.6 Å². The van der Waals surface area contributed by atoms with Gasteiger partial charge in [0.25, 0.3) is 11.8 Å². The fourth-order valence-electron chi connectivity index (χ4n) is 3.37. The van der Waals surface area contributed by atoms with Crippen molar-refractivity contribution in [3.63, 3.8) is 0 Å². The van der Waals surface area contributed by atoms with Gasteiger partial charge in [0.15, 0.2) is 11.5 Å². The van der Waals surface area contributed by atoms with Crippen molar-refractivity contribution in [1.82, 2.24) is 0 Å². The molecular formula is C19H22N2O5S. The third kappa shape index (κ3) is 3.44. The fraction of sp³-hybridized carbons (Fsp3) is 0.368. The van der Waals surface area contributed by atoms with E-state index in [1.54, 1.807) is 12.1 Å². The molecule has 1 aromatic heterocycles. The summed E-state index contributed by atoms with van der Waals surface area (Å²) >= 11 is 1.41. The summed E-state index contributed by atoms with van der Waals surface area (Å²) in [6.07, 6.45) is 3.79. The predicted molar refractivity (Wildman–Crippen MR) is 104 cm³/mol. The van der Waals surface area contributed by atoms with Crippen molar-refractivity contribution in [3.8, 4) is 17.2 Å². The van der Waals surface area contributed by atoms with Crippen LogP contribution in [0.4, 0.5) is 5.00 Å². The summed E-state index contributed by atoms with van der Waals surface area (Å²) in [5.41, 5.74) is 7.25. The number of hydrogen-bond donors (Lipinski definition) is 2. The number of carbonyl (C=O) groups excluding carboxylic acids is 2. The second-order valence-electron chi connectivity index (χ2n) is 6.12. The molecule has 0 saturated heterocycles. The zero-order chi connectivity index (χ0) is 19.6. The highest BCUT2D eigenvalue weighted by Crippen LogP contribution is 2.41. The molecule has 1 aliphatic carbocycles. The number of nitrogens with two attached hydrogens (primary N) is 1. The van der Waals surface area contributed by atoms with Gasteiger partial charge in [0, 0.05) is 4.88 Å². The summed E-state index contributed by atoms with van der Waals surface area (Å²) in [4.78, 5) is 26.0. The number of amides is 2. The highest BCUT2D eigenvalue weighted by molar-refractivity contribution is 7.17. The van der Waals surface area contributed by atoms with Gasteiger partial charge in [0.2, 0.25) is 5.75 Å². The Morgan fingerprint density at radius 1 is 1.04 bits per heavy atom. The van der Waals surface area contributed by atoms with Crippen LogP contribution in [0.15, 0.2) is 12.1 Å². The zero-order valence-electron chi connectivity index (χ0n) is 15.5. The first-order chi connectivity index (χ1) is 13.0. The monoisotopic (exact) mass is 390 g/mol. The Kier molecular flexibility index (Phi) is 5.55. The number of benzene rings is 1. The van der Waals surface area contributed by atoms with E-state index < -0.39 is 11.8 Å². The lowest BCUT2D eigenvalue weighted by Crippen LogP contribution is -2.19. The Hall–Kier alpha value is -2.74. The highest BCUT2D eigenvalue weighted by Gasteiger charge is 2.27. The lowest BCUT2D eigenvalue weighted by molar-refractivity contribution is 0.100. The minimum Gasteiger partial charge on any atom is -0.493 e. The molecule has 144 valence electrons. The molecule has 0 aliphatic heterocycles. The number of methoxy groups -OCH3 is 3. The van der Waals surface area contributed by atoms with Crippen molar-refractivity contribution >= 4 is 28.2 Å². The molecule has 3 rings (SSSR count). The summed E-state index contributed by atoms with van der Waals surface area (Å²) in [7, 11) is 4.43. The van der Waals surface area contributed by atoms with Crippen LogP contribution in [-0.2, 0) is 12.8 Å². The summed E-state index contributed by atoms with van der Waals surface area (Å²) < 4.78 is 15.9. The van der Waals surface area contributed by atoms with Crippen molar-refractivity contribution in [3.05, 3.63) is 33.7 Å². The molecule has 0 radical (unpaired) electrons. The van der Waals surface area contributed by atoms with Crippen LogP contribution in [0.25, 0.3) is 0 Å². The molecule has 8 heteroatoms. The van der Waals surface area contributed by atoms with E-state index >= 15 is 0 Å². The van der Waals surface area contributed by atoms with Gasteiger partial charge in [-0.3, -0.25) is 9.59 Å². The number of anilines is 1. The Morgan fingerprint density at radius 3 is 2.37 bits per heavy atom. The maximum absolute atomic E-state index is 12.9. The number of primary amides is 1. The topological polar surface area (TPSA) is 99.9 Å². The SMILES string of the molecule is COc1ccc(C(=O)Nc2sc3c(c2C(N)=O)CCCC3)c(OC)c1OC. The largest absolute Gasteiger partial charge is 0.493 e. The Labute approximate surface area is 161 Å². The second kappa shape index (κ2) is 7.87. The standard InChI is InChI=1S/C19H22N2O5S/c1-24-12-9-8-11(15(25-2)16(12)26-3)18(23)21-19-14(17(20)22)10-6-4-5-7-13(10)27-19/h8-9H,4-7H2,1-3H3,(H2,20,22)(H,21,23). The van der Waals surface area contributed by atoms with Gasteiger partial charge in [-0.05, 0) is 43.4 Å². The molecular weight excluding hydrogens is 368 g/mol. The second-order valence-corrected chi connectivity index (χ2v) is 7.22. The Morgan fingerprint density at radius 2 is 1.74 bits per heavy atom. The summed E-state index contributed by atoms with van der Waals surface area (Å²) in [6.45, 7) is 0. The molecule has 1 heterocycles. The van der Waals surface area contributed by atoms with E-state index in [-0.39, 0.29) is 11.3 Å². The quantitative estimate of drug-likeness (QED) is 0.790. The van der Waals surface area contributed by atoms with E-state index in [0.29, 0.717) is 22.1 Å². The molecule has 2 aromatic rings. The molecule has 0 spiro atoms. The van der Waals surface area contributed by atoms with Gasteiger partial charge < -0.3 is 25.3 Å². The van der Waals surface area contributed by atoms with Crippen LogP contribution in [0.1, 0.15) is 44.0 Å². The van der Waals surface area contributed by atoms with Crippen molar-refractivity contribution < 1.29 is 23.8 Å². The number of hydrogen-bond acceptors (Lipinski definition) is 6. The van der Waals surface area contributed by atoms with Gasteiger partial charge in [0.05, 0.1) is 32.5 Å². The first-order valence-corrected chi connectivity index (χ1v) is 9.38. The van der Waals surface area contributed by atoms with Gasteiger partial charge >= 0.3 is 0 Å². The molecule has 0 fully saturated rings. The van der Waals surface area contributed by atoms with Crippen LogP contribution in [0.5, 0.6) is 17.2 Å². The number of rotatable bonds is 6. The van der Waals surface area contributed by atoms with Crippen LogP contribution in [0.2, 0.25) is 0 Å². The number of fused-ring (bicyclic) bond motifs is 1. The molecule has 0 saturated carbocycles.